The summed E-state index contributed by atoms with van der Waals surface area (Å²) in [5, 5.41) is 23.9. The number of hydrazone groups is 2. The van der Waals surface area contributed by atoms with Crippen LogP contribution in [0.3, 0.4) is 0 Å². The Morgan fingerprint density at radius 3 is 1.32 bits per heavy atom. The molecule has 1 aromatic rings. The molecule has 4 N–H and O–H groups in total. The zero-order chi connectivity index (χ0) is 26.8. The monoisotopic (exact) mass is 481 g/mol. The Hall–Kier alpha value is -4.69. The number of carboxylic acids is 2. The third-order valence-corrected chi connectivity index (χ3v) is 2.91. The molecule has 1 rings (SSSR count). The van der Waals surface area contributed by atoms with E-state index in [0.717, 1.165) is 12.8 Å². The van der Waals surface area contributed by atoms with Crippen molar-refractivity contribution in [1.29, 1.82) is 0 Å². The first-order valence-corrected chi connectivity index (χ1v) is 9.13. The van der Waals surface area contributed by atoms with Gasteiger partial charge >= 0.3 is 11.9 Å². The maximum absolute atomic E-state index is 11.8. The van der Waals surface area contributed by atoms with Crippen LogP contribution < -0.4 is 10.9 Å². The summed E-state index contributed by atoms with van der Waals surface area (Å²) >= 11 is 0. The fourth-order valence-corrected chi connectivity index (χ4v) is 1.17. The molecule has 186 valence electrons. The molecule has 1 heterocycles. The molecule has 0 radical (unpaired) electrons. The number of aromatic nitrogens is 1. The molecular formula is C19H27N7O8. The predicted octanol–water partition coefficient (Wildman–Crippen LogP) is -1.13. The van der Waals surface area contributed by atoms with E-state index in [0.29, 0.717) is 0 Å². The smallest absolute Gasteiger partial charge is 0.351 e. The summed E-state index contributed by atoms with van der Waals surface area (Å²) in [5.41, 5.74) is 2.90. The summed E-state index contributed by atoms with van der Waals surface area (Å²) < 4.78 is 0. The summed E-state index contributed by atoms with van der Waals surface area (Å²) in [4.78, 5) is 70.2. The lowest BCUT2D eigenvalue weighted by molar-refractivity contribution is -0.130. The van der Waals surface area contributed by atoms with Crippen LogP contribution in [0, 0.1) is 0 Å². The number of pyridine rings is 1. The van der Waals surface area contributed by atoms with Gasteiger partial charge in [-0.1, -0.05) is 6.07 Å². The van der Waals surface area contributed by atoms with E-state index in [1.165, 1.54) is 41.8 Å². The van der Waals surface area contributed by atoms with Gasteiger partial charge in [0, 0.05) is 28.2 Å². The van der Waals surface area contributed by atoms with E-state index >= 15 is 0 Å². The summed E-state index contributed by atoms with van der Waals surface area (Å²) in [6.45, 7) is 2.37. The van der Waals surface area contributed by atoms with Crippen LogP contribution in [-0.2, 0) is 19.2 Å². The normalized spacial score (nSPS) is 10.2. The molecule has 1 aromatic heterocycles. The van der Waals surface area contributed by atoms with Crippen molar-refractivity contribution >= 4 is 48.0 Å². The van der Waals surface area contributed by atoms with Crippen molar-refractivity contribution < 1.29 is 39.0 Å². The number of hydrogen-bond donors (Lipinski definition) is 4. The second kappa shape index (κ2) is 16.9. The Morgan fingerprint density at radius 2 is 1.09 bits per heavy atom. The average Bonchev–Trinajstić information content (AvgIpc) is 2.80. The molecule has 0 bridgehead atoms. The van der Waals surface area contributed by atoms with Gasteiger partial charge in [-0.15, -0.1) is 0 Å². The van der Waals surface area contributed by atoms with Gasteiger partial charge in [-0.25, -0.2) is 25.4 Å². The standard InChI is InChI=1S/C13H13N5O6.2C3H7NO/c1-6(12(21)22)15-17-10(19)8-4-3-5-9(14-8)11(20)18-16-7(2)13(23)24;2*1-4(2)3-5/h3-5H,1-2H3,(H,17,19)(H,18,20)(H,21,22)(H,23,24);2*3H,1-2H3/b15-6+,16-7+;;. The Bertz CT molecular complexity index is 871. The first-order chi connectivity index (χ1) is 15.8. The van der Waals surface area contributed by atoms with E-state index in [1.807, 2.05) is 10.9 Å². The largest absolute Gasteiger partial charge is 0.477 e. The van der Waals surface area contributed by atoms with Crippen molar-refractivity contribution in [1.82, 2.24) is 25.6 Å². The highest BCUT2D eigenvalue weighted by Crippen LogP contribution is 2.00. The zero-order valence-corrected chi connectivity index (χ0v) is 19.5. The molecule has 15 nitrogen and oxygen atoms in total. The lowest BCUT2D eigenvalue weighted by Crippen LogP contribution is -2.25. The first-order valence-electron chi connectivity index (χ1n) is 9.13. The maximum Gasteiger partial charge on any atom is 0.351 e. The highest BCUT2D eigenvalue weighted by molar-refractivity contribution is 6.35. The molecule has 0 fully saturated rings. The predicted molar refractivity (Wildman–Crippen MR) is 120 cm³/mol. The minimum absolute atomic E-state index is 0.191. The van der Waals surface area contributed by atoms with E-state index in [-0.39, 0.29) is 22.8 Å². The molecule has 0 atom stereocenters. The molecule has 0 aromatic carbocycles. The third-order valence-electron chi connectivity index (χ3n) is 2.91. The lowest BCUT2D eigenvalue weighted by Gasteiger charge is -2.03. The van der Waals surface area contributed by atoms with Gasteiger partial charge in [0.15, 0.2) is 0 Å². The van der Waals surface area contributed by atoms with E-state index in [9.17, 15) is 28.8 Å². The number of aliphatic carboxylic acids is 2. The van der Waals surface area contributed by atoms with Crippen LogP contribution in [-0.4, -0.2) is 101 Å². The van der Waals surface area contributed by atoms with Crippen LogP contribution in [0.1, 0.15) is 34.8 Å². The second-order valence-corrected chi connectivity index (χ2v) is 6.43. The molecule has 0 aliphatic rings. The number of nitrogens with zero attached hydrogens (tertiary/aromatic N) is 5. The molecule has 34 heavy (non-hydrogen) atoms. The Morgan fingerprint density at radius 1 is 0.794 bits per heavy atom. The van der Waals surface area contributed by atoms with Gasteiger partial charge in [-0.05, 0) is 26.0 Å². The topological polar surface area (TPSA) is 211 Å². The lowest BCUT2D eigenvalue weighted by atomic mass is 10.3. The van der Waals surface area contributed by atoms with Crippen molar-refractivity contribution in [2.24, 2.45) is 10.2 Å². The van der Waals surface area contributed by atoms with Gasteiger partial charge < -0.3 is 20.0 Å². The Balaban J connectivity index is 0. The van der Waals surface area contributed by atoms with Gasteiger partial charge in [-0.2, -0.15) is 10.2 Å². The van der Waals surface area contributed by atoms with Gasteiger partial charge in [-0.3, -0.25) is 19.2 Å². The number of hydrogen-bond acceptors (Lipinski definition) is 9. The van der Waals surface area contributed by atoms with Crippen molar-refractivity contribution in [3.63, 3.8) is 0 Å². The van der Waals surface area contributed by atoms with Crippen LogP contribution in [0.15, 0.2) is 28.4 Å². The van der Waals surface area contributed by atoms with Gasteiger partial charge in [0.05, 0.1) is 0 Å². The third kappa shape index (κ3) is 15.2. The molecule has 0 spiro atoms. The van der Waals surface area contributed by atoms with E-state index in [1.54, 1.807) is 28.2 Å². The van der Waals surface area contributed by atoms with E-state index in [4.69, 9.17) is 10.2 Å². The molecular weight excluding hydrogens is 454 g/mol. The van der Waals surface area contributed by atoms with E-state index in [2.05, 4.69) is 15.2 Å². The van der Waals surface area contributed by atoms with Gasteiger partial charge in [0.2, 0.25) is 12.8 Å². The van der Waals surface area contributed by atoms with Gasteiger partial charge in [0.1, 0.15) is 22.8 Å². The van der Waals surface area contributed by atoms with Crippen LogP contribution in [0.2, 0.25) is 0 Å². The molecule has 15 heteroatoms. The number of carbonyl (C=O) groups excluding carboxylic acids is 4. The molecule has 0 saturated heterocycles. The van der Waals surface area contributed by atoms with Crippen LogP contribution >= 0.6 is 0 Å². The minimum atomic E-state index is -1.30. The fourth-order valence-electron chi connectivity index (χ4n) is 1.17. The number of carbonyl (C=O) groups is 6. The highest BCUT2D eigenvalue weighted by atomic mass is 16.4. The number of nitrogens with one attached hydrogen (secondary N) is 2. The summed E-state index contributed by atoms with van der Waals surface area (Å²) in [6, 6.07) is 3.92. The van der Waals surface area contributed by atoms with Crippen LogP contribution in [0.5, 0.6) is 0 Å². The minimum Gasteiger partial charge on any atom is -0.477 e. The zero-order valence-electron chi connectivity index (χ0n) is 19.5. The second-order valence-electron chi connectivity index (χ2n) is 6.43. The summed E-state index contributed by atoms with van der Waals surface area (Å²) in [7, 11) is 6.75. The quantitative estimate of drug-likeness (QED) is 0.201. The average molecular weight is 481 g/mol. The van der Waals surface area contributed by atoms with Crippen molar-refractivity contribution in [2.45, 2.75) is 13.8 Å². The highest BCUT2D eigenvalue weighted by Gasteiger charge is 2.13. The molecule has 4 amide bonds. The Kier molecular flexibility index (Phi) is 15.7. The van der Waals surface area contributed by atoms with Crippen molar-refractivity contribution in [3.8, 4) is 0 Å². The van der Waals surface area contributed by atoms with Crippen LogP contribution in [0.4, 0.5) is 0 Å². The summed E-state index contributed by atoms with van der Waals surface area (Å²) in [5.74, 6) is -4.25. The molecule has 0 aliphatic carbocycles. The van der Waals surface area contributed by atoms with Gasteiger partial charge in [0.25, 0.3) is 11.8 Å². The molecule has 0 saturated carbocycles. The number of rotatable bonds is 8. The van der Waals surface area contributed by atoms with Crippen LogP contribution in [0.25, 0.3) is 0 Å². The first kappa shape index (κ1) is 31.5. The van der Waals surface area contributed by atoms with Crippen molar-refractivity contribution in [2.75, 3.05) is 28.2 Å². The van der Waals surface area contributed by atoms with Crippen molar-refractivity contribution in [3.05, 3.63) is 29.6 Å². The number of carboxylic acid groups (broad SMARTS) is 2. The fraction of sp³-hybridized carbons (Fsp3) is 0.316. The summed E-state index contributed by atoms with van der Waals surface area (Å²) in [6.07, 6.45) is 1.50. The Labute approximate surface area is 195 Å². The van der Waals surface area contributed by atoms with E-state index < -0.39 is 23.8 Å². The number of amides is 4. The molecule has 0 unspecified atom stereocenters. The molecule has 0 aliphatic heterocycles. The SMILES string of the molecule is C/C(=N\NC(=O)c1cccc(C(=O)N/N=C(\C)C(=O)O)n1)C(=O)O.CN(C)C=O.CN(C)C=O. The maximum atomic E-state index is 11.8.